The monoisotopic (exact) mass is 257 g/mol. The summed E-state index contributed by atoms with van der Waals surface area (Å²) in [6, 6.07) is 0. The molecular formula is C14H28NOP. The summed E-state index contributed by atoms with van der Waals surface area (Å²) in [4.78, 5) is 0. The summed E-state index contributed by atoms with van der Waals surface area (Å²) in [5.41, 5.74) is 1.02. The van der Waals surface area contributed by atoms with Crippen LogP contribution in [0, 0.1) is 0 Å². The highest BCUT2D eigenvalue weighted by Gasteiger charge is 2.42. The maximum absolute atomic E-state index is 13.5. The van der Waals surface area contributed by atoms with Crippen LogP contribution >= 0.6 is 7.29 Å². The first-order chi connectivity index (χ1) is 8.15. The first-order valence-corrected chi connectivity index (χ1v) is 9.22. The Morgan fingerprint density at radius 2 is 1.12 bits per heavy atom. The molecule has 0 heterocycles. The quantitative estimate of drug-likeness (QED) is 0.694. The van der Waals surface area contributed by atoms with Gasteiger partial charge in [-0.15, -0.1) is 0 Å². The van der Waals surface area contributed by atoms with E-state index < -0.39 is 7.29 Å². The summed E-state index contributed by atoms with van der Waals surface area (Å²) in [7, 11) is 2.01. The third kappa shape index (κ3) is 2.79. The van der Waals surface area contributed by atoms with Crippen LogP contribution in [0.5, 0.6) is 0 Å². The Hall–Kier alpha value is 0.190. The van der Waals surface area contributed by atoms with Gasteiger partial charge in [-0.1, -0.05) is 38.5 Å². The van der Waals surface area contributed by atoms with Gasteiger partial charge in [0.05, 0.1) is 0 Å². The summed E-state index contributed by atoms with van der Waals surface area (Å²) >= 11 is 0. The van der Waals surface area contributed by atoms with E-state index >= 15 is 0 Å². The van der Waals surface area contributed by atoms with Gasteiger partial charge in [0.1, 0.15) is 0 Å². The summed E-state index contributed by atoms with van der Waals surface area (Å²) in [6.07, 6.45) is 12.8. The molecule has 0 spiro atoms. The largest absolute Gasteiger partial charge is 0.306 e. The van der Waals surface area contributed by atoms with Crippen LogP contribution in [0.3, 0.4) is 0 Å². The van der Waals surface area contributed by atoms with E-state index in [4.69, 9.17) is 0 Å². The minimum absolute atomic E-state index is 0.509. The zero-order valence-electron chi connectivity index (χ0n) is 11.5. The molecule has 2 aliphatic carbocycles. The molecule has 0 radical (unpaired) electrons. The van der Waals surface area contributed by atoms with Gasteiger partial charge in [-0.3, -0.25) is 4.67 Å². The lowest BCUT2D eigenvalue weighted by molar-refractivity contribution is 0.411. The molecule has 0 aliphatic heterocycles. The normalized spacial score (nSPS) is 25.4. The highest BCUT2D eigenvalue weighted by atomic mass is 31.2. The second kappa shape index (κ2) is 5.89. The van der Waals surface area contributed by atoms with Crippen molar-refractivity contribution in [3.63, 3.8) is 0 Å². The van der Waals surface area contributed by atoms with Crippen molar-refractivity contribution < 1.29 is 4.57 Å². The maximum Gasteiger partial charge on any atom is 0.155 e. The molecule has 0 saturated heterocycles. The Balaban J connectivity index is 2.14. The third-order valence-electron chi connectivity index (χ3n) is 4.82. The fourth-order valence-corrected chi connectivity index (χ4v) is 7.97. The Labute approximate surface area is 107 Å². The second-order valence-electron chi connectivity index (χ2n) is 6.10. The van der Waals surface area contributed by atoms with Crippen LogP contribution in [0.15, 0.2) is 0 Å². The van der Waals surface area contributed by atoms with Crippen molar-refractivity contribution in [3.8, 4) is 0 Å². The molecule has 0 N–H and O–H groups in total. The van der Waals surface area contributed by atoms with Crippen molar-refractivity contribution in [1.82, 2.24) is 4.67 Å². The molecule has 2 fully saturated rings. The molecule has 2 nitrogen and oxygen atoms in total. The Bertz CT molecular complexity index is 256. The van der Waals surface area contributed by atoms with Crippen LogP contribution in [-0.2, 0) is 4.57 Å². The van der Waals surface area contributed by atoms with E-state index in [2.05, 4.69) is 18.8 Å². The lowest BCUT2D eigenvalue weighted by atomic mass is 10.00. The van der Waals surface area contributed by atoms with Crippen molar-refractivity contribution in [2.75, 3.05) is 14.1 Å². The van der Waals surface area contributed by atoms with Gasteiger partial charge in [-0.05, 0) is 39.8 Å². The molecule has 2 rings (SSSR count). The predicted molar refractivity (Wildman–Crippen MR) is 75.0 cm³/mol. The van der Waals surface area contributed by atoms with E-state index in [0.717, 1.165) is 0 Å². The van der Waals surface area contributed by atoms with Gasteiger partial charge in [0.2, 0.25) is 0 Å². The van der Waals surface area contributed by atoms with E-state index in [1.807, 2.05) is 0 Å². The lowest BCUT2D eigenvalue weighted by Crippen LogP contribution is -2.30. The minimum Gasteiger partial charge on any atom is -0.306 e. The molecule has 0 atom stereocenters. The smallest absolute Gasteiger partial charge is 0.155 e. The van der Waals surface area contributed by atoms with Crippen molar-refractivity contribution in [1.29, 1.82) is 0 Å². The molecular weight excluding hydrogens is 229 g/mol. The fraction of sp³-hybridized carbons (Fsp3) is 1.00. The van der Waals surface area contributed by atoms with E-state index in [-0.39, 0.29) is 0 Å². The summed E-state index contributed by atoms with van der Waals surface area (Å²) in [6.45, 7) is 0. The van der Waals surface area contributed by atoms with Gasteiger partial charge in [-0.2, -0.15) is 0 Å². The van der Waals surface area contributed by atoms with Crippen LogP contribution in [0.25, 0.3) is 0 Å². The number of rotatable bonds is 3. The Kier molecular flexibility index (Phi) is 4.72. The lowest BCUT2D eigenvalue weighted by Gasteiger charge is -2.41. The van der Waals surface area contributed by atoms with E-state index in [0.29, 0.717) is 11.3 Å². The average molecular weight is 257 g/mol. The highest BCUT2D eigenvalue weighted by Crippen LogP contribution is 2.63. The molecule has 0 aromatic rings. The van der Waals surface area contributed by atoms with Gasteiger partial charge < -0.3 is 4.57 Å². The minimum atomic E-state index is -2.11. The number of hydrogen-bond acceptors (Lipinski definition) is 1. The van der Waals surface area contributed by atoms with Gasteiger partial charge in [-0.25, -0.2) is 0 Å². The predicted octanol–water partition coefficient (Wildman–Crippen LogP) is 4.49. The molecule has 17 heavy (non-hydrogen) atoms. The standard InChI is InChI=1S/C14H28NOP/c1-15(2)17(16,13-9-5-3-6-10-13)14-11-7-4-8-12-14/h13-14H,3-12H2,1-2H3. The Morgan fingerprint density at radius 3 is 1.41 bits per heavy atom. The zero-order valence-corrected chi connectivity index (χ0v) is 12.4. The molecule has 100 valence electrons. The van der Waals surface area contributed by atoms with E-state index in [1.54, 1.807) is 0 Å². The van der Waals surface area contributed by atoms with Crippen molar-refractivity contribution >= 4 is 7.29 Å². The Morgan fingerprint density at radius 1 is 0.765 bits per heavy atom. The van der Waals surface area contributed by atoms with E-state index in [1.165, 1.54) is 64.2 Å². The molecule has 3 heteroatoms. The second-order valence-corrected chi connectivity index (χ2v) is 9.71. The van der Waals surface area contributed by atoms with Crippen LogP contribution in [0.2, 0.25) is 0 Å². The molecule has 0 aromatic carbocycles. The maximum atomic E-state index is 13.5. The van der Waals surface area contributed by atoms with Crippen LogP contribution in [0.1, 0.15) is 64.2 Å². The van der Waals surface area contributed by atoms with Gasteiger partial charge >= 0.3 is 0 Å². The average Bonchev–Trinajstić information content (AvgIpc) is 2.39. The summed E-state index contributed by atoms with van der Waals surface area (Å²) in [5.74, 6) is 0. The van der Waals surface area contributed by atoms with Gasteiger partial charge in [0, 0.05) is 11.3 Å². The van der Waals surface area contributed by atoms with Gasteiger partial charge in [0.25, 0.3) is 0 Å². The molecule has 0 aromatic heterocycles. The topological polar surface area (TPSA) is 20.3 Å². The van der Waals surface area contributed by atoms with Crippen molar-refractivity contribution in [3.05, 3.63) is 0 Å². The highest BCUT2D eigenvalue weighted by molar-refractivity contribution is 7.63. The third-order valence-corrected chi connectivity index (χ3v) is 9.20. The van der Waals surface area contributed by atoms with Crippen LogP contribution in [0.4, 0.5) is 0 Å². The first kappa shape index (κ1) is 13.6. The molecule has 0 unspecified atom stereocenters. The van der Waals surface area contributed by atoms with Crippen molar-refractivity contribution in [2.45, 2.75) is 75.5 Å². The molecule has 2 aliphatic rings. The fourth-order valence-electron chi connectivity index (χ4n) is 3.85. The van der Waals surface area contributed by atoms with Crippen molar-refractivity contribution in [2.24, 2.45) is 0 Å². The number of hydrogen-bond donors (Lipinski definition) is 0. The van der Waals surface area contributed by atoms with E-state index in [9.17, 15) is 4.57 Å². The first-order valence-electron chi connectivity index (χ1n) is 7.43. The van der Waals surface area contributed by atoms with Gasteiger partial charge in [0.15, 0.2) is 7.29 Å². The van der Waals surface area contributed by atoms with Crippen LogP contribution in [-0.4, -0.2) is 30.1 Å². The summed E-state index contributed by atoms with van der Waals surface area (Å²) < 4.78 is 15.7. The zero-order chi connectivity index (χ0) is 12.3. The van der Waals surface area contributed by atoms with Crippen LogP contribution < -0.4 is 0 Å². The summed E-state index contributed by atoms with van der Waals surface area (Å²) in [5, 5.41) is 0. The SMILES string of the molecule is CN(C)P(=O)(C1CCCCC1)C1CCCCC1. The number of nitrogens with zero attached hydrogens (tertiary/aromatic N) is 1. The molecule has 2 saturated carbocycles. The molecule has 0 bridgehead atoms. The molecule has 0 amide bonds.